The number of ether oxygens (including phenoxy) is 1. The van der Waals surface area contributed by atoms with Crippen LogP contribution in [0.4, 0.5) is 4.79 Å². The maximum absolute atomic E-state index is 13.6. The lowest BCUT2D eigenvalue weighted by Gasteiger charge is -2.39. The Bertz CT molecular complexity index is 1350. The summed E-state index contributed by atoms with van der Waals surface area (Å²) in [5.41, 5.74) is 2.51. The topological polar surface area (TPSA) is 112 Å². The van der Waals surface area contributed by atoms with Gasteiger partial charge in [0.2, 0.25) is 0 Å². The molecular formula is C32H40N6O4. The molecular weight excluding hydrogens is 532 g/mol. The number of benzene rings is 1. The van der Waals surface area contributed by atoms with Gasteiger partial charge in [0.05, 0.1) is 5.56 Å². The Morgan fingerprint density at radius 2 is 1.64 bits per heavy atom. The first-order valence-corrected chi connectivity index (χ1v) is 14.6. The first-order valence-electron chi connectivity index (χ1n) is 14.6. The average molecular weight is 573 g/mol. The Morgan fingerprint density at radius 1 is 1.00 bits per heavy atom. The monoisotopic (exact) mass is 572 g/mol. The van der Waals surface area contributed by atoms with Crippen LogP contribution in [0.3, 0.4) is 0 Å². The van der Waals surface area contributed by atoms with Crippen LogP contribution in [0.1, 0.15) is 74.2 Å². The van der Waals surface area contributed by atoms with Crippen molar-refractivity contribution in [2.45, 2.75) is 76.9 Å². The zero-order valence-corrected chi connectivity index (χ0v) is 24.8. The van der Waals surface area contributed by atoms with E-state index in [1.165, 1.54) is 0 Å². The first kappa shape index (κ1) is 29.6. The van der Waals surface area contributed by atoms with E-state index in [0.717, 1.165) is 42.4 Å². The molecule has 0 bridgehead atoms. The Balaban J connectivity index is 1.20. The van der Waals surface area contributed by atoms with E-state index >= 15 is 0 Å². The molecule has 1 aromatic carbocycles. The summed E-state index contributed by atoms with van der Waals surface area (Å²) in [6.07, 6.45) is 9.06. The van der Waals surface area contributed by atoms with E-state index in [9.17, 15) is 14.7 Å². The summed E-state index contributed by atoms with van der Waals surface area (Å²) in [4.78, 5) is 44.8. The van der Waals surface area contributed by atoms with Crippen LogP contribution in [0.5, 0.6) is 0 Å². The number of carbonyl (C=O) groups is 2. The number of aliphatic hydroxyl groups excluding tert-OH is 1. The molecule has 2 aromatic heterocycles. The van der Waals surface area contributed by atoms with Crippen LogP contribution in [0.15, 0.2) is 61.2 Å². The van der Waals surface area contributed by atoms with Crippen LogP contribution >= 0.6 is 0 Å². The minimum atomic E-state index is -0.774. The third kappa shape index (κ3) is 7.30. The highest BCUT2D eigenvalue weighted by Crippen LogP contribution is 2.33. The van der Waals surface area contributed by atoms with Gasteiger partial charge in [0.15, 0.2) is 5.82 Å². The van der Waals surface area contributed by atoms with Gasteiger partial charge in [0.25, 0.3) is 5.91 Å². The predicted octanol–water partition coefficient (Wildman–Crippen LogP) is 4.67. The van der Waals surface area contributed by atoms with Crippen molar-refractivity contribution in [2.24, 2.45) is 0 Å². The molecule has 0 radical (unpaired) electrons. The number of aromatic nitrogens is 3. The molecule has 1 unspecified atom stereocenters. The maximum atomic E-state index is 13.6. The number of aliphatic hydroxyl groups is 1. The molecule has 1 aliphatic heterocycles. The molecule has 10 heteroatoms. The molecule has 2 amide bonds. The second-order valence-electron chi connectivity index (χ2n) is 12.2. The van der Waals surface area contributed by atoms with E-state index < -0.39 is 11.8 Å². The Hall–Kier alpha value is -3.89. The molecule has 10 nitrogen and oxygen atoms in total. The quantitative estimate of drug-likeness (QED) is 0.388. The van der Waals surface area contributed by atoms with Gasteiger partial charge >= 0.3 is 6.09 Å². The Morgan fingerprint density at radius 3 is 2.21 bits per heavy atom. The molecule has 2 fully saturated rings. The van der Waals surface area contributed by atoms with Crippen molar-refractivity contribution in [1.29, 1.82) is 0 Å². The summed E-state index contributed by atoms with van der Waals surface area (Å²) in [6, 6.07) is 11.6. The molecule has 1 aliphatic carbocycles. The summed E-state index contributed by atoms with van der Waals surface area (Å²) >= 11 is 0. The number of likely N-dealkylation sites (tertiary alicyclic amines) is 1. The minimum absolute atomic E-state index is 0.0603. The second kappa shape index (κ2) is 12.5. The number of hydrogen-bond donors (Lipinski definition) is 1. The summed E-state index contributed by atoms with van der Waals surface area (Å²) in [5.74, 6) is 0.454. The summed E-state index contributed by atoms with van der Waals surface area (Å²) in [5, 5.41) is 10.8. The van der Waals surface area contributed by atoms with Crippen molar-refractivity contribution >= 4 is 12.0 Å². The SMILES string of the molecule is CN(Cc1cccnc1)C(O)c1ccc(-c2ncc(C(=O)N(C3CC3)C3CCN(C(=O)OC(C)(C)C)CC3)cn2)cc1. The van der Waals surface area contributed by atoms with E-state index in [1.807, 2.05) is 74.0 Å². The molecule has 1 N–H and O–H groups in total. The third-order valence-electron chi connectivity index (χ3n) is 7.62. The number of piperidine rings is 1. The highest BCUT2D eigenvalue weighted by atomic mass is 16.6. The van der Waals surface area contributed by atoms with Crippen molar-refractivity contribution in [3.05, 3.63) is 77.9 Å². The number of carbonyl (C=O) groups excluding carboxylic acids is 2. The van der Waals surface area contributed by atoms with E-state index in [-0.39, 0.29) is 24.1 Å². The minimum Gasteiger partial charge on any atom is -0.444 e. The Kier molecular flexibility index (Phi) is 8.84. The van der Waals surface area contributed by atoms with Gasteiger partial charge < -0.3 is 19.6 Å². The van der Waals surface area contributed by atoms with Gasteiger partial charge in [-0.05, 0) is 70.7 Å². The van der Waals surface area contributed by atoms with E-state index in [4.69, 9.17) is 4.74 Å². The fourth-order valence-electron chi connectivity index (χ4n) is 5.30. The molecule has 2 aliphatic rings. The number of pyridine rings is 1. The van der Waals surface area contributed by atoms with Gasteiger partial charge in [-0.1, -0.05) is 30.3 Å². The van der Waals surface area contributed by atoms with Crippen LogP contribution in [-0.4, -0.2) is 84.6 Å². The molecule has 5 rings (SSSR count). The maximum Gasteiger partial charge on any atom is 0.410 e. The van der Waals surface area contributed by atoms with Crippen LogP contribution in [0, 0.1) is 0 Å². The molecule has 1 saturated carbocycles. The lowest BCUT2D eigenvalue weighted by atomic mass is 10.0. The van der Waals surface area contributed by atoms with Crippen molar-refractivity contribution in [3.8, 4) is 11.4 Å². The smallest absolute Gasteiger partial charge is 0.410 e. The number of rotatable bonds is 8. The fourth-order valence-corrected chi connectivity index (χ4v) is 5.30. The number of hydrogen-bond acceptors (Lipinski definition) is 8. The zero-order valence-electron chi connectivity index (χ0n) is 24.8. The molecule has 222 valence electrons. The van der Waals surface area contributed by atoms with E-state index in [0.29, 0.717) is 31.0 Å². The third-order valence-corrected chi connectivity index (χ3v) is 7.62. The van der Waals surface area contributed by atoms with Gasteiger partial charge in [-0.25, -0.2) is 14.8 Å². The van der Waals surface area contributed by atoms with E-state index in [2.05, 4.69) is 15.0 Å². The van der Waals surface area contributed by atoms with Gasteiger partial charge in [0, 0.05) is 62.1 Å². The fraction of sp³-hybridized carbons (Fsp3) is 0.469. The van der Waals surface area contributed by atoms with Gasteiger partial charge in [-0.3, -0.25) is 14.7 Å². The summed E-state index contributed by atoms with van der Waals surface area (Å²) in [7, 11) is 1.86. The molecule has 3 aromatic rings. The number of nitrogens with zero attached hydrogens (tertiary/aromatic N) is 6. The first-order chi connectivity index (χ1) is 20.1. The average Bonchev–Trinajstić information content (AvgIpc) is 3.82. The van der Waals surface area contributed by atoms with Crippen LogP contribution in [-0.2, 0) is 11.3 Å². The molecule has 1 atom stereocenters. The van der Waals surface area contributed by atoms with Crippen molar-refractivity contribution in [2.75, 3.05) is 20.1 Å². The van der Waals surface area contributed by atoms with Crippen LogP contribution < -0.4 is 0 Å². The molecule has 0 spiro atoms. The van der Waals surface area contributed by atoms with Crippen molar-refractivity contribution < 1.29 is 19.4 Å². The van der Waals surface area contributed by atoms with Gasteiger partial charge in [-0.15, -0.1) is 0 Å². The molecule has 1 saturated heterocycles. The van der Waals surface area contributed by atoms with Crippen molar-refractivity contribution in [3.63, 3.8) is 0 Å². The summed E-state index contributed by atoms with van der Waals surface area (Å²) in [6.45, 7) is 7.29. The van der Waals surface area contributed by atoms with Crippen LogP contribution in [0.25, 0.3) is 11.4 Å². The van der Waals surface area contributed by atoms with Gasteiger partial charge in [0.1, 0.15) is 11.8 Å². The van der Waals surface area contributed by atoms with Gasteiger partial charge in [-0.2, -0.15) is 0 Å². The molecule has 42 heavy (non-hydrogen) atoms. The largest absolute Gasteiger partial charge is 0.444 e. The zero-order chi connectivity index (χ0) is 29.9. The lowest BCUT2D eigenvalue weighted by Crippen LogP contribution is -2.50. The summed E-state index contributed by atoms with van der Waals surface area (Å²) < 4.78 is 5.52. The standard InChI is InChI=1S/C32H40N6O4/c1-32(2,3)42-31(41)37-16-13-27(14-17-37)38(26-11-12-26)30(40)25-19-34-28(35-20-25)23-7-9-24(10-8-23)29(39)36(4)21-22-6-5-15-33-18-22/h5-10,15,18-20,26-27,29,39H,11-14,16-17,21H2,1-4H3. The normalized spacial score (nSPS) is 16.8. The lowest BCUT2D eigenvalue weighted by molar-refractivity contribution is 0.0140. The second-order valence-corrected chi connectivity index (χ2v) is 12.2. The molecule has 3 heterocycles. The Labute approximate surface area is 247 Å². The predicted molar refractivity (Wildman–Crippen MR) is 158 cm³/mol. The highest BCUT2D eigenvalue weighted by Gasteiger charge is 2.40. The van der Waals surface area contributed by atoms with Crippen LogP contribution in [0.2, 0.25) is 0 Å². The van der Waals surface area contributed by atoms with Crippen molar-refractivity contribution in [1.82, 2.24) is 29.7 Å². The highest BCUT2D eigenvalue weighted by molar-refractivity contribution is 5.94. The number of amides is 2. The van der Waals surface area contributed by atoms with E-state index in [1.54, 1.807) is 29.7 Å².